The van der Waals surface area contributed by atoms with Crippen molar-refractivity contribution in [3.05, 3.63) is 0 Å². The Kier molecular flexibility index (Phi) is 3.96. The van der Waals surface area contributed by atoms with Gasteiger partial charge in [-0.3, -0.25) is 9.69 Å². The number of nitrogens with one attached hydrogen (secondary N) is 1. The Morgan fingerprint density at radius 2 is 2.29 bits per heavy atom. The molecule has 0 bridgehead atoms. The van der Waals surface area contributed by atoms with Gasteiger partial charge in [-0.2, -0.15) is 0 Å². The number of thiocarbonyl (C=S) groups is 1. The largest absolute Gasteiger partial charge is 0.391 e. The molecule has 1 heterocycles. The van der Waals surface area contributed by atoms with Crippen LogP contribution in [0, 0.1) is 0 Å². The highest BCUT2D eigenvalue weighted by atomic mass is 32.1. The van der Waals surface area contributed by atoms with Crippen LogP contribution in [0.2, 0.25) is 0 Å². The van der Waals surface area contributed by atoms with Crippen molar-refractivity contribution in [2.75, 3.05) is 19.7 Å². The van der Waals surface area contributed by atoms with Crippen LogP contribution in [0.3, 0.4) is 0 Å². The molecule has 0 radical (unpaired) electrons. The number of carbonyl (C=O) groups is 1. The molecular weight excluding hydrogens is 238 g/mol. The first-order chi connectivity index (χ1) is 8.08. The molecule has 96 valence electrons. The minimum absolute atomic E-state index is 0.0936. The predicted octanol–water partition coefficient (Wildman–Crippen LogP) is -0.360. The van der Waals surface area contributed by atoms with Gasteiger partial charge in [-0.15, -0.1) is 0 Å². The van der Waals surface area contributed by atoms with Gasteiger partial charge in [0.05, 0.1) is 12.6 Å². The zero-order valence-corrected chi connectivity index (χ0v) is 10.8. The van der Waals surface area contributed by atoms with Crippen LogP contribution in [0.1, 0.15) is 19.8 Å². The van der Waals surface area contributed by atoms with Gasteiger partial charge in [0.1, 0.15) is 11.1 Å². The fourth-order valence-corrected chi connectivity index (χ4v) is 2.05. The standard InChI is InChI=1S/C11H19N3O2S/c1-7(11(15)13-8-2-3-8)14-4-5-16-9(6-14)10(12)17/h7-9H,2-6H2,1H3,(H2,12,17)(H,13,15). The van der Waals surface area contributed by atoms with E-state index in [1.807, 2.05) is 6.92 Å². The molecule has 0 aromatic carbocycles. The second kappa shape index (κ2) is 5.29. The van der Waals surface area contributed by atoms with Crippen molar-refractivity contribution in [3.63, 3.8) is 0 Å². The van der Waals surface area contributed by atoms with Crippen LogP contribution < -0.4 is 11.1 Å². The highest BCUT2D eigenvalue weighted by Crippen LogP contribution is 2.19. The quantitative estimate of drug-likeness (QED) is 0.673. The fraction of sp³-hybridized carbons (Fsp3) is 0.818. The second-order valence-electron chi connectivity index (χ2n) is 4.72. The van der Waals surface area contributed by atoms with E-state index in [4.69, 9.17) is 22.7 Å². The van der Waals surface area contributed by atoms with Gasteiger partial charge in [-0.1, -0.05) is 12.2 Å². The lowest BCUT2D eigenvalue weighted by molar-refractivity contribution is -0.128. The van der Waals surface area contributed by atoms with E-state index in [1.54, 1.807) is 0 Å². The van der Waals surface area contributed by atoms with Crippen LogP contribution in [0.5, 0.6) is 0 Å². The monoisotopic (exact) mass is 257 g/mol. The van der Waals surface area contributed by atoms with E-state index in [-0.39, 0.29) is 18.1 Å². The minimum atomic E-state index is -0.227. The summed E-state index contributed by atoms with van der Waals surface area (Å²) in [7, 11) is 0. The van der Waals surface area contributed by atoms with Crippen LogP contribution >= 0.6 is 12.2 Å². The molecule has 1 saturated heterocycles. The van der Waals surface area contributed by atoms with Crippen molar-refractivity contribution in [1.29, 1.82) is 0 Å². The zero-order valence-electron chi connectivity index (χ0n) is 10.0. The number of ether oxygens (including phenoxy) is 1. The number of rotatable bonds is 4. The first-order valence-electron chi connectivity index (χ1n) is 6.03. The third-order valence-electron chi connectivity index (χ3n) is 3.27. The molecule has 3 N–H and O–H groups in total. The van der Waals surface area contributed by atoms with E-state index < -0.39 is 0 Å². The third kappa shape index (κ3) is 3.37. The molecule has 2 fully saturated rings. The highest BCUT2D eigenvalue weighted by molar-refractivity contribution is 7.80. The van der Waals surface area contributed by atoms with Gasteiger partial charge in [-0.25, -0.2) is 0 Å². The lowest BCUT2D eigenvalue weighted by Gasteiger charge is -2.35. The summed E-state index contributed by atoms with van der Waals surface area (Å²) in [5.74, 6) is 0.0936. The van der Waals surface area contributed by atoms with Crippen molar-refractivity contribution in [2.24, 2.45) is 5.73 Å². The summed E-state index contributed by atoms with van der Waals surface area (Å²) in [5, 5.41) is 3.01. The SMILES string of the molecule is CC(C(=O)NC1CC1)N1CCOC(C(N)=S)C1. The Hall–Kier alpha value is -0.720. The summed E-state index contributed by atoms with van der Waals surface area (Å²) >= 11 is 4.93. The van der Waals surface area contributed by atoms with Gasteiger partial charge in [-0.05, 0) is 19.8 Å². The van der Waals surface area contributed by atoms with Gasteiger partial charge in [0.25, 0.3) is 0 Å². The highest BCUT2D eigenvalue weighted by Gasteiger charge is 2.31. The average Bonchev–Trinajstić information content (AvgIpc) is 3.12. The topological polar surface area (TPSA) is 67.6 Å². The number of nitrogens with zero attached hydrogens (tertiary/aromatic N) is 1. The van der Waals surface area contributed by atoms with Crippen molar-refractivity contribution >= 4 is 23.1 Å². The first kappa shape index (κ1) is 12.7. The summed E-state index contributed by atoms with van der Waals surface area (Å²) in [6.45, 7) is 3.84. The summed E-state index contributed by atoms with van der Waals surface area (Å²) in [6, 6.07) is 0.258. The van der Waals surface area contributed by atoms with Crippen molar-refractivity contribution in [3.8, 4) is 0 Å². The van der Waals surface area contributed by atoms with Gasteiger partial charge in [0, 0.05) is 19.1 Å². The average molecular weight is 257 g/mol. The summed E-state index contributed by atoms with van der Waals surface area (Å²) in [4.78, 5) is 14.4. The summed E-state index contributed by atoms with van der Waals surface area (Å²) in [5.41, 5.74) is 5.58. The van der Waals surface area contributed by atoms with Crippen LogP contribution in [0.15, 0.2) is 0 Å². The molecule has 2 atom stereocenters. The first-order valence-corrected chi connectivity index (χ1v) is 6.44. The molecule has 5 nitrogen and oxygen atoms in total. The Morgan fingerprint density at radius 3 is 2.88 bits per heavy atom. The number of nitrogens with two attached hydrogens (primary N) is 1. The molecule has 2 unspecified atom stereocenters. The molecule has 6 heteroatoms. The van der Waals surface area contributed by atoms with Gasteiger partial charge >= 0.3 is 0 Å². The second-order valence-corrected chi connectivity index (χ2v) is 5.19. The summed E-state index contributed by atoms with van der Waals surface area (Å²) < 4.78 is 5.45. The molecular formula is C11H19N3O2S. The molecule has 1 saturated carbocycles. The van der Waals surface area contributed by atoms with Crippen LogP contribution in [-0.2, 0) is 9.53 Å². The lowest BCUT2D eigenvalue weighted by atomic mass is 10.2. The predicted molar refractivity (Wildman–Crippen MR) is 68.7 cm³/mol. The van der Waals surface area contributed by atoms with Crippen molar-refractivity contribution in [1.82, 2.24) is 10.2 Å². The van der Waals surface area contributed by atoms with Crippen LogP contribution in [-0.4, -0.2) is 53.7 Å². The molecule has 2 rings (SSSR count). The van der Waals surface area contributed by atoms with Crippen molar-refractivity contribution < 1.29 is 9.53 Å². The fourth-order valence-electron chi connectivity index (χ4n) is 1.91. The number of morpholine rings is 1. The maximum absolute atomic E-state index is 11.9. The molecule has 1 amide bonds. The molecule has 0 spiro atoms. The lowest BCUT2D eigenvalue weighted by Crippen LogP contribution is -2.54. The number of hydrogen-bond donors (Lipinski definition) is 2. The van der Waals surface area contributed by atoms with E-state index >= 15 is 0 Å². The maximum atomic E-state index is 11.9. The molecule has 2 aliphatic rings. The third-order valence-corrected chi connectivity index (χ3v) is 3.53. The van der Waals surface area contributed by atoms with Crippen molar-refractivity contribution in [2.45, 2.75) is 38.0 Å². The molecule has 0 aromatic rings. The number of hydrogen-bond acceptors (Lipinski definition) is 4. The maximum Gasteiger partial charge on any atom is 0.237 e. The zero-order chi connectivity index (χ0) is 12.4. The number of amides is 1. The van der Waals surface area contributed by atoms with E-state index in [0.717, 1.165) is 19.4 Å². The molecule has 1 aliphatic carbocycles. The Balaban J connectivity index is 1.86. The van der Waals surface area contributed by atoms with E-state index in [2.05, 4.69) is 10.2 Å². The normalized spacial score (nSPS) is 27.5. The smallest absolute Gasteiger partial charge is 0.237 e. The van der Waals surface area contributed by atoms with Gasteiger partial charge in [0.15, 0.2) is 0 Å². The van der Waals surface area contributed by atoms with E-state index in [1.165, 1.54) is 0 Å². The van der Waals surface area contributed by atoms with E-state index in [0.29, 0.717) is 24.2 Å². The molecule has 0 aromatic heterocycles. The van der Waals surface area contributed by atoms with Crippen LogP contribution in [0.4, 0.5) is 0 Å². The Bertz CT molecular complexity index is 320. The van der Waals surface area contributed by atoms with Crippen LogP contribution in [0.25, 0.3) is 0 Å². The van der Waals surface area contributed by atoms with Gasteiger partial charge in [0.2, 0.25) is 5.91 Å². The Labute approximate surface area is 107 Å². The Morgan fingerprint density at radius 1 is 1.59 bits per heavy atom. The van der Waals surface area contributed by atoms with Gasteiger partial charge < -0.3 is 15.8 Å². The number of carbonyl (C=O) groups excluding carboxylic acids is 1. The molecule has 17 heavy (non-hydrogen) atoms. The van der Waals surface area contributed by atoms with E-state index in [9.17, 15) is 4.79 Å². The summed E-state index contributed by atoms with van der Waals surface area (Å²) in [6.07, 6.45) is 1.99. The molecule has 1 aliphatic heterocycles. The minimum Gasteiger partial charge on any atom is -0.391 e.